The number of halogens is 1. The van der Waals surface area contributed by atoms with Crippen LogP contribution in [-0.2, 0) is 0 Å². The molecule has 0 aliphatic rings. The summed E-state index contributed by atoms with van der Waals surface area (Å²) in [6.45, 7) is 2.15. The van der Waals surface area contributed by atoms with E-state index in [0.29, 0.717) is 19.3 Å². The number of nitrogens with zero attached hydrogens (tertiary/aromatic N) is 2. The van der Waals surface area contributed by atoms with Gasteiger partial charge >= 0.3 is 0 Å². The Balaban J connectivity index is 2.54. The van der Waals surface area contributed by atoms with Crippen LogP contribution in [0.4, 0.5) is 10.1 Å². The van der Waals surface area contributed by atoms with E-state index < -0.39 is 16.3 Å². The molecule has 1 unspecified atom stereocenters. The first-order valence-electron chi connectivity index (χ1n) is 6.65. The second-order valence-corrected chi connectivity index (χ2v) is 4.62. The summed E-state index contributed by atoms with van der Waals surface area (Å²) in [5, 5.41) is 22.6. The van der Waals surface area contributed by atoms with Gasteiger partial charge in [-0.15, -0.1) is 0 Å². The van der Waals surface area contributed by atoms with Crippen LogP contribution in [0.3, 0.4) is 0 Å². The summed E-state index contributed by atoms with van der Waals surface area (Å²) in [6, 6.07) is 5.49. The van der Waals surface area contributed by atoms with Gasteiger partial charge in [0.05, 0.1) is 23.7 Å². The summed E-state index contributed by atoms with van der Waals surface area (Å²) in [7, 11) is 1.73. The van der Waals surface area contributed by atoms with E-state index >= 15 is 0 Å². The molecular weight excluding hydrogens is 277 g/mol. The number of hydrogen-bond acceptors (Lipinski definition) is 5. The lowest BCUT2D eigenvalue weighted by atomic mass is 9.92. The first-order chi connectivity index (χ1) is 9.98. The molecule has 1 atom stereocenters. The maximum Gasteiger partial charge on any atom is 0.272 e. The summed E-state index contributed by atoms with van der Waals surface area (Å²) in [5.41, 5.74) is -0.915. The molecule has 7 heteroatoms. The van der Waals surface area contributed by atoms with Crippen molar-refractivity contribution >= 4 is 5.69 Å². The molecule has 1 aromatic rings. The Morgan fingerprint density at radius 3 is 2.76 bits per heavy atom. The van der Waals surface area contributed by atoms with Crippen molar-refractivity contribution in [1.82, 2.24) is 5.32 Å². The number of hydrogen-bond donors (Lipinski definition) is 1. The Morgan fingerprint density at radius 2 is 2.29 bits per heavy atom. The van der Waals surface area contributed by atoms with Gasteiger partial charge in [0.2, 0.25) is 0 Å². The van der Waals surface area contributed by atoms with Crippen LogP contribution in [0.25, 0.3) is 0 Å². The molecule has 1 aromatic carbocycles. The summed E-state index contributed by atoms with van der Waals surface area (Å²) in [4.78, 5) is 9.83. The minimum Gasteiger partial charge on any atom is -0.491 e. The number of nitro groups is 1. The van der Waals surface area contributed by atoms with E-state index in [1.54, 1.807) is 7.05 Å². The van der Waals surface area contributed by atoms with Gasteiger partial charge in [-0.25, -0.2) is 4.39 Å². The Labute approximate surface area is 122 Å². The van der Waals surface area contributed by atoms with E-state index in [0.717, 1.165) is 6.07 Å². The number of nitro benzene ring substituents is 1. The second kappa shape index (κ2) is 7.55. The minimum absolute atomic E-state index is 0.0240. The van der Waals surface area contributed by atoms with Crippen molar-refractivity contribution < 1.29 is 14.1 Å². The van der Waals surface area contributed by atoms with Crippen molar-refractivity contribution in [1.29, 1.82) is 5.26 Å². The van der Waals surface area contributed by atoms with Crippen LogP contribution in [0.15, 0.2) is 18.2 Å². The zero-order valence-corrected chi connectivity index (χ0v) is 12.1. The van der Waals surface area contributed by atoms with Crippen LogP contribution in [0, 0.1) is 27.3 Å². The van der Waals surface area contributed by atoms with Crippen molar-refractivity contribution in [2.75, 3.05) is 13.7 Å². The lowest BCUT2D eigenvalue weighted by Crippen LogP contribution is -2.41. The van der Waals surface area contributed by atoms with Crippen LogP contribution in [0.5, 0.6) is 5.75 Å². The fraction of sp³-hybridized carbons (Fsp3) is 0.500. The highest BCUT2D eigenvalue weighted by atomic mass is 19.1. The SMILES string of the molecule is CCC(C#N)(CCCOc1ccc([N+](=O)[O-])cc1F)NC. The summed E-state index contributed by atoms with van der Waals surface area (Å²) in [6.07, 6.45) is 1.80. The van der Waals surface area contributed by atoms with Crippen LogP contribution in [0.1, 0.15) is 26.2 Å². The summed E-state index contributed by atoms with van der Waals surface area (Å²) >= 11 is 0. The average Bonchev–Trinajstić information content (AvgIpc) is 2.49. The lowest BCUT2D eigenvalue weighted by molar-refractivity contribution is -0.385. The molecule has 0 saturated heterocycles. The zero-order valence-electron chi connectivity index (χ0n) is 12.1. The number of rotatable bonds is 8. The van der Waals surface area contributed by atoms with Gasteiger partial charge < -0.3 is 10.1 Å². The molecule has 0 aliphatic heterocycles. The Hall–Kier alpha value is -2.20. The first-order valence-corrected chi connectivity index (χ1v) is 6.65. The Bertz CT molecular complexity index is 539. The lowest BCUT2D eigenvalue weighted by Gasteiger charge is -2.24. The molecule has 0 aliphatic carbocycles. The molecule has 0 fully saturated rings. The third kappa shape index (κ3) is 4.39. The Morgan fingerprint density at radius 1 is 1.57 bits per heavy atom. The van der Waals surface area contributed by atoms with Crippen molar-refractivity contribution in [3.8, 4) is 11.8 Å². The highest BCUT2D eigenvalue weighted by molar-refractivity contribution is 5.37. The van der Waals surface area contributed by atoms with E-state index in [4.69, 9.17) is 10.00 Å². The predicted molar refractivity (Wildman–Crippen MR) is 75.5 cm³/mol. The van der Waals surface area contributed by atoms with Gasteiger partial charge in [0.25, 0.3) is 5.69 Å². The predicted octanol–water partition coefficient (Wildman–Crippen LogP) is 2.78. The van der Waals surface area contributed by atoms with Gasteiger partial charge in [-0.2, -0.15) is 5.26 Å². The molecule has 1 rings (SSSR count). The van der Waals surface area contributed by atoms with Crippen molar-refractivity contribution in [3.05, 3.63) is 34.1 Å². The smallest absolute Gasteiger partial charge is 0.272 e. The van der Waals surface area contributed by atoms with Crippen molar-refractivity contribution in [3.63, 3.8) is 0 Å². The van der Waals surface area contributed by atoms with E-state index in [-0.39, 0.29) is 18.0 Å². The third-order valence-electron chi connectivity index (χ3n) is 3.43. The topological polar surface area (TPSA) is 88.2 Å². The molecular formula is C14H18FN3O3. The van der Waals surface area contributed by atoms with Gasteiger partial charge in [-0.1, -0.05) is 6.92 Å². The summed E-state index contributed by atoms with van der Waals surface area (Å²) in [5.74, 6) is -0.788. The van der Waals surface area contributed by atoms with E-state index in [9.17, 15) is 14.5 Å². The number of nitriles is 1. The monoisotopic (exact) mass is 295 g/mol. The highest BCUT2D eigenvalue weighted by Gasteiger charge is 2.24. The average molecular weight is 295 g/mol. The zero-order chi connectivity index (χ0) is 15.9. The van der Waals surface area contributed by atoms with Gasteiger partial charge in [0.1, 0.15) is 5.54 Å². The quantitative estimate of drug-likeness (QED) is 0.452. The largest absolute Gasteiger partial charge is 0.491 e. The van der Waals surface area contributed by atoms with Gasteiger partial charge in [-0.3, -0.25) is 10.1 Å². The van der Waals surface area contributed by atoms with Crippen molar-refractivity contribution in [2.24, 2.45) is 0 Å². The molecule has 0 spiro atoms. The molecule has 0 saturated carbocycles. The van der Waals surface area contributed by atoms with Crippen LogP contribution in [-0.4, -0.2) is 24.1 Å². The molecule has 0 radical (unpaired) electrons. The number of ether oxygens (including phenoxy) is 1. The molecule has 1 N–H and O–H groups in total. The second-order valence-electron chi connectivity index (χ2n) is 4.62. The third-order valence-corrected chi connectivity index (χ3v) is 3.43. The highest BCUT2D eigenvalue weighted by Crippen LogP contribution is 2.23. The molecule has 6 nitrogen and oxygen atoms in total. The maximum atomic E-state index is 13.6. The van der Waals surface area contributed by atoms with Crippen molar-refractivity contribution in [2.45, 2.75) is 31.7 Å². The fourth-order valence-corrected chi connectivity index (χ4v) is 1.95. The maximum absolute atomic E-state index is 13.6. The molecule has 0 heterocycles. The standard InChI is InChI=1S/C14H18FN3O3/c1-3-14(10-16,17-2)7-4-8-21-13-6-5-11(18(19)20)9-12(13)15/h5-6,9,17H,3-4,7-8H2,1-2H3. The summed E-state index contributed by atoms with van der Waals surface area (Å²) < 4.78 is 18.8. The first kappa shape index (κ1) is 16.9. The fourth-order valence-electron chi connectivity index (χ4n) is 1.95. The van der Waals surface area contributed by atoms with Crippen LogP contribution in [0.2, 0.25) is 0 Å². The van der Waals surface area contributed by atoms with Gasteiger partial charge in [0, 0.05) is 6.07 Å². The molecule has 114 valence electrons. The van der Waals surface area contributed by atoms with Crippen LogP contribution < -0.4 is 10.1 Å². The molecule has 0 bridgehead atoms. The molecule has 0 aromatic heterocycles. The number of nitrogens with one attached hydrogen (secondary N) is 1. The van der Waals surface area contributed by atoms with E-state index in [1.807, 2.05) is 6.92 Å². The minimum atomic E-state index is -0.764. The molecule has 21 heavy (non-hydrogen) atoms. The van der Waals surface area contributed by atoms with Gasteiger partial charge in [0.15, 0.2) is 11.6 Å². The van der Waals surface area contributed by atoms with E-state index in [2.05, 4.69) is 11.4 Å². The van der Waals surface area contributed by atoms with E-state index in [1.165, 1.54) is 12.1 Å². The number of non-ortho nitro benzene ring substituents is 1. The Kier molecular flexibility index (Phi) is 6.06. The normalized spacial score (nSPS) is 13.2. The molecule has 0 amide bonds. The van der Waals surface area contributed by atoms with Crippen LogP contribution >= 0.6 is 0 Å². The number of benzene rings is 1. The van der Waals surface area contributed by atoms with Gasteiger partial charge in [-0.05, 0) is 32.4 Å².